The van der Waals surface area contributed by atoms with Crippen molar-refractivity contribution in [3.63, 3.8) is 0 Å². The van der Waals surface area contributed by atoms with Crippen LogP contribution in [0.3, 0.4) is 0 Å². The maximum Gasteiger partial charge on any atom is 0.338 e. The quantitative estimate of drug-likeness (QED) is 0.538. The molecule has 0 saturated heterocycles. The molecule has 0 fully saturated rings. The van der Waals surface area contributed by atoms with Crippen molar-refractivity contribution in [2.24, 2.45) is 0 Å². The molecule has 4 nitrogen and oxygen atoms in total. The molecule has 0 atom stereocenters. The second-order valence-electron chi connectivity index (χ2n) is 4.45. The van der Waals surface area contributed by atoms with Crippen LogP contribution in [0.15, 0.2) is 65.6 Å². The average Bonchev–Trinajstić information content (AvgIpc) is 2.97. The average molecular weight is 279 g/mol. The summed E-state index contributed by atoms with van der Waals surface area (Å²) in [5.74, 6) is 0.0856. The van der Waals surface area contributed by atoms with Crippen molar-refractivity contribution in [2.45, 2.75) is 0 Å². The molecule has 0 unspecified atom stereocenters. The lowest BCUT2D eigenvalue weighted by atomic mass is 10.1. The van der Waals surface area contributed by atoms with Gasteiger partial charge in [-0.05, 0) is 30.3 Å². The molecule has 0 bridgehead atoms. The van der Waals surface area contributed by atoms with Crippen molar-refractivity contribution in [1.29, 1.82) is 0 Å². The predicted octanol–water partition coefficient (Wildman–Crippen LogP) is 3.84. The molecule has 0 aliphatic rings. The number of fused-ring (bicyclic) bond motifs is 1. The number of aromatic nitrogens is 1. The van der Waals surface area contributed by atoms with E-state index in [1.54, 1.807) is 18.2 Å². The van der Waals surface area contributed by atoms with Crippen LogP contribution in [0.4, 0.5) is 0 Å². The lowest BCUT2D eigenvalue weighted by Crippen LogP contribution is -2.04. The first-order valence-electron chi connectivity index (χ1n) is 6.52. The van der Waals surface area contributed by atoms with Crippen molar-refractivity contribution >= 4 is 17.1 Å². The fraction of sp³-hybridized carbons (Fsp3) is 0.0588. The van der Waals surface area contributed by atoms with Gasteiger partial charge in [0.2, 0.25) is 5.89 Å². The molecule has 4 heteroatoms. The van der Waals surface area contributed by atoms with Crippen molar-refractivity contribution in [1.82, 2.24) is 4.98 Å². The van der Waals surface area contributed by atoms with Crippen LogP contribution >= 0.6 is 0 Å². The number of esters is 1. The molecule has 0 N–H and O–H groups in total. The van der Waals surface area contributed by atoms with E-state index in [0.29, 0.717) is 17.0 Å². The van der Waals surface area contributed by atoms with E-state index in [-0.39, 0.29) is 6.61 Å². The number of ether oxygens (including phenoxy) is 1. The van der Waals surface area contributed by atoms with Gasteiger partial charge in [0.25, 0.3) is 0 Å². The Morgan fingerprint density at radius 2 is 2.10 bits per heavy atom. The fourth-order valence-corrected chi connectivity index (χ4v) is 1.99. The van der Waals surface area contributed by atoms with Gasteiger partial charge in [0.05, 0.1) is 5.56 Å². The minimum absolute atomic E-state index is 0.186. The molecule has 1 aromatic heterocycles. The first-order chi connectivity index (χ1) is 10.3. The maximum atomic E-state index is 11.8. The first kappa shape index (κ1) is 13.1. The molecule has 3 rings (SSSR count). The second kappa shape index (κ2) is 5.63. The highest BCUT2D eigenvalue weighted by atomic mass is 16.5. The summed E-state index contributed by atoms with van der Waals surface area (Å²) in [5, 5.41) is 0. The number of para-hydroxylation sites is 2. The van der Waals surface area contributed by atoms with Gasteiger partial charge in [-0.25, -0.2) is 9.78 Å². The Labute approximate surface area is 121 Å². The van der Waals surface area contributed by atoms with Gasteiger partial charge in [-0.3, -0.25) is 0 Å². The molecule has 2 aromatic carbocycles. The summed E-state index contributed by atoms with van der Waals surface area (Å²) in [6.45, 7) is 3.70. The highest BCUT2D eigenvalue weighted by Crippen LogP contribution is 2.24. The molecule has 1 heterocycles. The van der Waals surface area contributed by atoms with Gasteiger partial charge < -0.3 is 9.15 Å². The number of hydrogen-bond donors (Lipinski definition) is 0. The highest BCUT2D eigenvalue weighted by molar-refractivity contribution is 5.91. The molecule has 0 saturated carbocycles. The maximum absolute atomic E-state index is 11.8. The van der Waals surface area contributed by atoms with Gasteiger partial charge in [-0.15, -0.1) is 0 Å². The van der Waals surface area contributed by atoms with Gasteiger partial charge in [-0.1, -0.05) is 30.9 Å². The van der Waals surface area contributed by atoms with Crippen LogP contribution in [0.2, 0.25) is 0 Å². The van der Waals surface area contributed by atoms with E-state index in [9.17, 15) is 4.79 Å². The number of nitrogens with zero attached hydrogens (tertiary/aromatic N) is 1. The topological polar surface area (TPSA) is 52.3 Å². The smallest absolute Gasteiger partial charge is 0.338 e. The molecular formula is C17H13NO3. The van der Waals surface area contributed by atoms with E-state index >= 15 is 0 Å². The fourth-order valence-electron chi connectivity index (χ4n) is 1.99. The second-order valence-corrected chi connectivity index (χ2v) is 4.45. The van der Waals surface area contributed by atoms with Crippen LogP contribution in [0.25, 0.3) is 22.6 Å². The van der Waals surface area contributed by atoms with Gasteiger partial charge >= 0.3 is 5.97 Å². The Kier molecular flexibility index (Phi) is 3.51. The molecule has 0 radical (unpaired) electrons. The summed E-state index contributed by atoms with van der Waals surface area (Å²) >= 11 is 0. The number of carbonyl (C=O) groups is 1. The molecule has 0 aliphatic heterocycles. The van der Waals surface area contributed by atoms with Crippen LogP contribution in [0.1, 0.15) is 10.4 Å². The lowest BCUT2D eigenvalue weighted by molar-refractivity contribution is 0.0550. The summed E-state index contributed by atoms with van der Waals surface area (Å²) in [6, 6.07) is 14.5. The van der Waals surface area contributed by atoms with E-state index in [0.717, 1.165) is 11.1 Å². The van der Waals surface area contributed by atoms with E-state index in [1.807, 2.05) is 30.3 Å². The molecule has 0 amide bonds. The van der Waals surface area contributed by atoms with E-state index in [1.165, 1.54) is 6.08 Å². The van der Waals surface area contributed by atoms with Crippen LogP contribution in [-0.4, -0.2) is 17.6 Å². The lowest BCUT2D eigenvalue weighted by Gasteiger charge is -2.02. The predicted molar refractivity (Wildman–Crippen MR) is 79.9 cm³/mol. The monoisotopic (exact) mass is 279 g/mol. The summed E-state index contributed by atoms with van der Waals surface area (Å²) in [5.41, 5.74) is 2.69. The Hall–Kier alpha value is -2.88. The van der Waals surface area contributed by atoms with Crippen molar-refractivity contribution < 1.29 is 13.9 Å². The zero-order valence-corrected chi connectivity index (χ0v) is 11.3. The van der Waals surface area contributed by atoms with Crippen molar-refractivity contribution in [3.05, 3.63) is 66.7 Å². The zero-order valence-electron chi connectivity index (χ0n) is 11.3. The SMILES string of the molecule is C=CCOC(=O)c1cccc(-c2nc3ccccc3o2)c1. The molecule has 0 spiro atoms. The third-order valence-electron chi connectivity index (χ3n) is 2.97. The van der Waals surface area contributed by atoms with Crippen LogP contribution in [0, 0.1) is 0 Å². The molecule has 104 valence electrons. The Balaban J connectivity index is 1.95. The first-order valence-corrected chi connectivity index (χ1v) is 6.52. The Morgan fingerprint density at radius 3 is 2.90 bits per heavy atom. The van der Waals surface area contributed by atoms with Crippen LogP contribution < -0.4 is 0 Å². The summed E-state index contributed by atoms with van der Waals surface area (Å²) < 4.78 is 10.7. The number of benzene rings is 2. The van der Waals surface area contributed by atoms with Crippen molar-refractivity contribution in [3.8, 4) is 11.5 Å². The summed E-state index contributed by atoms with van der Waals surface area (Å²) in [4.78, 5) is 16.2. The summed E-state index contributed by atoms with van der Waals surface area (Å²) in [7, 11) is 0. The molecule has 3 aromatic rings. The minimum Gasteiger partial charge on any atom is -0.458 e. The number of carbonyl (C=O) groups excluding carboxylic acids is 1. The van der Waals surface area contributed by atoms with Gasteiger partial charge in [0.15, 0.2) is 5.58 Å². The number of oxazole rings is 1. The third-order valence-corrected chi connectivity index (χ3v) is 2.97. The molecule has 21 heavy (non-hydrogen) atoms. The number of rotatable bonds is 4. The van der Waals surface area contributed by atoms with Crippen LogP contribution in [-0.2, 0) is 4.74 Å². The Morgan fingerprint density at radius 1 is 1.24 bits per heavy atom. The van der Waals surface area contributed by atoms with E-state index < -0.39 is 5.97 Å². The Bertz CT molecular complexity index is 771. The minimum atomic E-state index is -0.395. The van der Waals surface area contributed by atoms with Crippen LogP contribution in [0.5, 0.6) is 0 Å². The normalized spacial score (nSPS) is 10.5. The molecule has 0 aliphatic carbocycles. The molecular weight excluding hydrogens is 266 g/mol. The third kappa shape index (κ3) is 2.69. The van der Waals surface area contributed by atoms with Gasteiger partial charge in [0.1, 0.15) is 12.1 Å². The van der Waals surface area contributed by atoms with Gasteiger partial charge in [-0.2, -0.15) is 0 Å². The largest absolute Gasteiger partial charge is 0.458 e. The zero-order chi connectivity index (χ0) is 14.7. The summed E-state index contributed by atoms with van der Waals surface area (Å²) in [6.07, 6.45) is 1.53. The van der Waals surface area contributed by atoms with E-state index in [4.69, 9.17) is 9.15 Å². The van der Waals surface area contributed by atoms with Gasteiger partial charge in [0, 0.05) is 5.56 Å². The number of hydrogen-bond acceptors (Lipinski definition) is 4. The van der Waals surface area contributed by atoms with E-state index in [2.05, 4.69) is 11.6 Å². The van der Waals surface area contributed by atoms with Crippen molar-refractivity contribution in [2.75, 3.05) is 6.61 Å². The highest BCUT2D eigenvalue weighted by Gasteiger charge is 2.11. The standard InChI is InChI=1S/C17H13NO3/c1-2-10-20-17(19)13-7-5-6-12(11-13)16-18-14-8-3-4-9-15(14)21-16/h2-9,11H,1,10H2.